The van der Waals surface area contributed by atoms with Crippen LogP contribution >= 0.6 is 11.9 Å². The lowest BCUT2D eigenvalue weighted by molar-refractivity contribution is -0.137. The molecule has 2 aromatic carbocycles. The standard InChI is InChI=1S/C24H22F4N2OS2/c1-33(31)12-11-16-13-17(24(26,27)28)6-9-19(16)21-8-5-15-14-18(7-10-20(15)21)32-30-23-4-2-3-22(25)29-23/h2-4,6-7,9-10,13-14,21H,5,8,11-12H2,1H3,(H,29,30). The van der Waals surface area contributed by atoms with Gasteiger partial charge in [0, 0.05) is 33.6 Å². The Bertz CT molecular complexity index is 1180. The van der Waals surface area contributed by atoms with Gasteiger partial charge in [-0.2, -0.15) is 17.6 Å². The average Bonchev–Trinajstić information content (AvgIpc) is 3.18. The molecule has 0 spiro atoms. The summed E-state index contributed by atoms with van der Waals surface area (Å²) in [5.74, 6) is 0.181. The molecule has 4 rings (SSSR count). The highest BCUT2D eigenvalue weighted by atomic mass is 32.2. The Balaban J connectivity index is 1.57. The second kappa shape index (κ2) is 9.85. The number of rotatable bonds is 7. The van der Waals surface area contributed by atoms with Gasteiger partial charge < -0.3 is 4.72 Å². The van der Waals surface area contributed by atoms with E-state index in [1.807, 2.05) is 12.1 Å². The second-order valence-corrected chi connectivity index (χ2v) is 10.4. The first-order valence-corrected chi connectivity index (χ1v) is 12.9. The number of benzene rings is 2. The molecule has 0 saturated carbocycles. The molecular weight excluding hydrogens is 472 g/mol. The van der Waals surface area contributed by atoms with E-state index in [0.717, 1.165) is 40.5 Å². The Morgan fingerprint density at radius 3 is 2.64 bits per heavy atom. The monoisotopic (exact) mass is 494 g/mol. The van der Waals surface area contributed by atoms with Crippen LogP contribution in [-0.4, -0.2) is 21.2 Å². The van der Waals surface area contributed by atoms with Crippen molar-refractivity contribution in [3.05, 3.63) is 88.4 Å². The van der Waals surface area contributed by atoms with E-state index in [1.54, 1.807) is 24.5 Å². The van der Waals surface area contributed by atoms with Gasteiger partial charge in [-0.05, 0) is 89.9 Å². The highest BCUT2D eigenvalue weighted by molar-refractivity contribution is 8.00. The first-order valence-electron chi connectivity index (χ1n) is 10.4. The summed E-state index contributed by atoms with van der Waals surface area (Å²) >= 11 is 1.33. The van der Waals surface area contributed by atoms with Crippen LogP contribution in [0.1, 0.15) is 40.2 Å². The van der Waals surface area contributed by atoms with E-state index in [-0.39, 0.29) is 5.92 Å². The SMILES string of the molecule is CS(=O)CCc1cc(C(F)(F)F)ccc1C1CCc2cc(SNc3cccc(F)n3)ccc21. The van der Waals surface area contributed by atoms with Gasteiger partial charge in [0.1, 0.15) is 5.82 Å². The number of pyridine rings is 1. The van der Waals surface area contributed by atoms with Crippen molar-refractivity contribution in [2.45, 2.75) is 36.3 Å². The second-order valence-electron chi connectivity index (χ2n) is 7.94. The number of hydrogen-bond acceptors (Lipinski definition) is 4. The molecule has 174 valence electrons. The molecule has 0 fully saturated rings. The minimum absolute atomic E-state index is 0.000491. The van der Waals surface area contributed by atoms with Crippen molar-refractivity contribution < 1.29 is 21.8 Å². The third-order valence-corrected chi connectivity index (χ3v) is 7.27. The van der Waals surface area contributed by atoms with Crippen LogP contribution in [0.25, 0.3) is 0 Å². The molecule has 9 heteroatoms. The van der Waals surface area contributed by atoms with Gasteiger partial charge in [-0.25, -0.2) is 4.98 Å². The summed E-state index contributed by atoms with van der Waals surface area (Å²) in [6, 6.07) is 14.5. The van der Waals surface area contributed by atoms with E-state index < -0.39 is 28.5 Å². The van der Waals surface area contributed by atoms with E-state index in [2.05, 4.69) is 15.8 Å². The fourth-order valence-corrected chi connectivity index (χ4v) is 5.33. The molecule has 1 N–H and O–H groups in total. The van der Waals surface area contributed by atoms with Crippen molar-refractivity contribution in [2.24, 2.45) is 0 Å². The first kappa shape index (κ1) is 23.8. The number of aryl methyl sites for hydroxylation is 2. The Morgan fingerprint density at radius 1 is 1.12 bits per heavy atom. The predicted molar refractivity (Wildman–Crippen MR) is 124 cm³/mol. The molecular formula is C24H22F4N2OS2. The number of nitrogens with one attached hydrogen (secondary N) is 1. The molecule has 1 aliphatic carbocycles. The molecule has 0 bridgehead atoms. The van der Waals surface area contributed by atoms with Crippen LogP contribution in [0.5, 0.6) is 0 Å². The molecule has 1 aromatic heterocycles. The smallest absolute Gasteiger partial charge is 0.310 e. The normalized spacial score (nSPS) is 16.5. The summed E-state index contributed by atoms with van der Waals surface area (Å²) in [5.41, 5.74) is 3.04. The number of hydrogen-bond donors (Lipinski definition) is 1. The van der Waals surface area contributed by atoms with Gasteiger partial charge in [-0.15, -0.1) is 0 Å². The van der Waals surface area contributed by atoms with E-state index in [4.69, 9.17) is 0 Å². The van der Waals surface area contributed by atoms with Crippen LogP contribution in [0, 0.1) is 5.95 Å². The van der Waals surface area contributed by atoms with Gasteiger partial charge in [0.25, 0.3) is 0 Å². The van der Waals surface area contributed by atoms with Gasteiger partial charge >= 0.3 is 6.18 Å². The zero-order valence-corrected chi connectivity index (χ0v) is 19.4. The van der Waals surface area contributed by atoms with E-state index >= 15 is 0 Å². The molecule has 2 unspecified atom stereocenters. The Labute approximate surface area is 196 Å². The van der Waals surface area contributed by atoms with Gasteiger partial charge in [-0.3, -0.25) is 4.21 Å². The maximum Gasteiger partial charge on any atom is 0.416 e. The lowest BCUT2D eigenvalue weighted by Crippen LogP contribution is -2.10. The van der Waals surface area contributed by atoms with Crippen LogP contribution in [0.15, 0.2) is 59.5 Å². The molecule has 0 radical (unpaired) electrons. The molecule has 3 nitrogen and oxygen atoms in total. The average molecular weight is 495 g/mol. The third kappa shape index (κ3) is 5.76. The van der Waals surface area contributed by atoms with Gasteiger partial charge in [0.05, 0.1) is 5.56 Å². The minimum Gasteiger partial charge on any atom is -0.310 e. The van der Waals surface area contributed by atoms with Crippen molar-refractivity contribution in [3.63, 3.8) is 0 Å². The number of aromatic nitrogens is 1. The topological polar surface area (TPSA) is 42.0 Å². The zero-order chi connectivity index (χ0) is 23.6. The third-order valence-electron chi connectivity index (χ3n) is 5.69. The molecule has 0 aliphatic heterocycles. The largest absolute Gasteiger partial charge is 0.416 e. The van der Waals surface area contributed by atoms with Crippen molar-refractivity contribution in [3.8, 4) is 0 Å². The molecule has 1 aliphatic rings. The molecule has 1 heterocycles. The maximum absolute atomic E-state index is 13.3. The Hall–Kier alpha value is -2.39. The summed E-state index contributed by atoms with van der Waals surface area (Å²) in [7, 11) is -1.09. The Kier molecular flexibility index (Phi) is 7.09. The Morgan fingerprint density at radius 2 is 1.91 bits per heavy atom. The van der Waals surface area contributed by atoms with Crippen LogP contribution in [0.2, 0.25) is 0 Å². The number of anilines is 1. The van der Waals surface area contributed by atoms with Crippen LogP contribution < -0.4 is 4.72 Å². The highest BCUT2D eigenvalue weighted by Crippen LogP contribution is 2.42. The fraction of sp³-hybridized carbons (Fsp3) is 0.292. The number of halogens is 4. The van der Waals surface area contributed by atoms with Crippen LogP contribution in [-0.2, 0) is 29.8 Å². The molecule has 3 aromatic rings. The lowest BCUT2D eigenvalue weighted by atomic mass is 9.87. The fourth-order valence-electron chi connectivity index (χ4n) is 4.15. The molecule has 33 heavy (non-hydrogen) atoms. The number of alkyl halides is 3. The van der Waals surface area contributed by atoms with Crippen LogP contribution in [0.4, 0.5) is 23.4 Å². The highest BCUT2D eigenvalue weighted by Gasteiger charge is 2.33. The van der Waals surface area contributed by atoms with Gasteiger partial charge in [0.15, 0.2) is 0 Å². The summed E-state index contributed by atoms with van der Waals surface area (Å²) in [6.07, 6.45) is -0.901. The number of fused-ring (bicyclic) bond motifs is 1. The van der Waals surface area contributed by atoms with Crippen molar-refractivity contribution >= 4 is 28.6 Å². The van der Waals surface area contributed by atoms with E-state index in [9.17, 15) is 21.8 Å². The molecule has 0 saturated heterocycles. The van der Waals surface area contributed by atoms with Gasteiger partial charge in [0.2, 0.25) is 5.95 Å². The number of nitrogens with zero attached hydrogens (tertiary/aromatic N) is 1. The van der Waals surface area contributed by atoms with E-state index in [0.29, 0.717) is 23.6 Å². The summed E-state index contributed by atoms with van der Waals surface area (Å²) in [4.78, 5) is 4.72. The summed E-state index contributed by atoms with van der Waals surface area (Å²) in [6.45, 7) is 0. The lowest BCUT2D eigenvalue weighted by Gasteiger charge is -2.19. The summed E-state index contributed by atoms with van der Waals surface area (Å²) < 4.78 is 67.7. The maximum atomic E-state index is 13.3. The van der Waals surface area contributed by atoms with Crippen molar-refractivity contribution in [1.82, 2.24) is 4.98 Å². The molecule has 2 atom stereocenters. The van der Waals surface area contributed by atoms with Crippen molar-refractivity contribution in [2.75, 3.05) is 16.7 Å². The first-order chi connectivity index (χ1) is 15.7. The quantitative estimate of drug-likeness (QED) is 0.236. The predicted octanol–water partition coefficient (Wildman–Crippen LogP) is 6.36. The zero-order valence-electron chi connectivity index (χ0n) is 17.8. The summed E-state index contributed by atoms with van der Waals surface area (Å²) in [5, 5.41) is 0. The van der Waals surface area contributed by atoms with E-state index in [1.165, 1.54) is 24.1 Å². The minimum atomic E-state index is -4.41. The van der Waals surface area contributed by atoms with Crippen molar-refractivity contribution in [1.29, 1.82) is 0 Å². The van der Waals surface area contributed by atoms with Gasteiger partial charge in [-0.1, -0.05) is 18.2 Å². The molecule has 0 amide bonds. The van der Waals surface area contributed by atoms with Crippen LogP contribution in [0.3, 0.4) is 0 Å².